The number of nitrogens with one attached hydrogen (secondary N) is 2. The molecule has 1 amide bonds. The van der Waals surface area contributed by atoms with Gasteiger partial charge < -0.3 is 15.4 Å². The Balaban J connectivity index is 1.57. The minimum Gasteiger partial charge on any atom is -0.384 e. The van der Waals surface area contributed by atoms with Crippen LogP contribution in [0, 0.1) is 5.41 Å². The van der Waals surface area contributed by atoms with E-state index in [2.05, 4.69) is 21.7 Å². The third kappa shape index (κ3) is 4.60. The van der Waals surface area contributed by atoms with Crippen molar-refractivity contribution in [3.63, 3.8) is 0 Å². The highest BCUT2D eigenvalue weighted by molar-refractivity contribution is 7.98. The van der Waals surface area contributed by atoms with Gasteiger partial charge in [-0.1, -0.05) is 6.07 Å². The van der Waals surface area contributed by atoms with Gasteiger partial charge in [-0.05, 0) is 48.9 Å². The van der Waals surface area contributed by atoms with E-state index in [1.54, 1.807) is 25.1 Å². The molecule has 25 heavy (non-hydrogen) atoms. The molecule has 2 heterocycles. The normalized spacial score (nSPS) is 19.7. The minimum absolute atomic E-state index is 0.0233. The number of hydrogen-bond donors (Lipinski definition) is 2. The smallest absolute Gasteiger partial charge is 0.234 e. The topological polar surface area (TPSA) is 63.2 Å². The lowest BCUT2D eigenvalue weighted by atomic mass is 9.87. The lowest BCUT2D eigenvalue weighted by molar-refractivity contribution is -0.127. The Hall–Kier alpha value is -1.89. The van der Waals surface area contributed by atoms with E-state index in [0.29, 0.717) is 13.2 Å². The number of anilines is 1. The fourth-order valence-corrected chi connectivity index (χ4v) is 3.78. The van der Waals surface area contributed by atoms with Crippen LogP contribution in [0.1, 0.15) is 12.0 Å². The van der Waals surface area contributed by atoms with Gasteiger partial charge in [-0.25, -0.2) is 0 Å². The van der Waals surface area contributed by atoms with Gasteiger partial charge in [0.15, 0.2) is 0 Å². The number of benzene rings is 1. The average Bonchev–Trinajstić information content (AvgIpc) is 3.12. The van der Waals surface area contributed by atoms with E-state index >= 15 is 0 Å². The number of aromatic nitrogens is 1. The molecule has 1 aliphatic rings. The van der Waals surface area contributed by atoms with Crippen molar-refractivity contribution < 1.29 is 9.53 Å². The van der Waals surface area contributed by atoms with Crippen molar-refractivity contribution in [3.8, 4) is 0 Å². The average molecular weight is 357 g/mol. The van der Waals surface area contributed by atoms with Crippen LogP contribution in [-0.2, 0) is 15.3 Å². The fourth-order valence-electron chi connectivity index (χ4n) is 2.95. The Bertz CT molecular complexity index is 686. The van der Waals surface area contributed by atoms with Crippen LogP contribution < -0.4 is 10.6 Å². The van der Waals surface area contributed by atoms with Gasteiger partial charge in [-0.2, -0.15) is 0 Å². The Morgan fingerprint density at radius 1 is 1.36 bits per heavy atom. The van der Waals surface area contributed by atoms with Crippen molar-refractivity contribution in [2.75, 3.05) is 32.1 Å². The number of amides is 1. The van der Waals surface area contributed by atoms with Gasteiger partial charge in [0.05, 0.1) is 12.0 Å². The summed E-state index contributed by atoms with van der Waals surface area (Å²) in [7, 11) is 1.64. The fraction of sp³-hybridized carbons (Fsp3) is 0.368. The molecule has 1 atom stereocenters. The third-order valence-electron chi connectivity index (χ3n) is 4.39. The predicted molar refractivity (Wildman–Crippen MR) is 101 cm³/mol. The van der Waals surface area contributed by atoms with Gasteiger partial charge in [0.25, 0.3) is 0 Å². The molecule has 2 aromatic rings. The van der Waals surface area contributed by atoms with Crippen LogP contribution in [0.3, 0.4) is 0 Å². The van der Waals surface area contributed by atoms with E-state index in [1.807, 2.05) is 36.5 Å². The van der Waals surface area contributed by atoms with E-state index in [1.165, 1.54) is 5.56 Å². The van der Waals surface area contributed by atoms with Crippen LogP contribution in [0.4, 0.5) is 5.69 Å². The highest BCUT2D eigenvalue weighted by Gasteiger charge is 2.41. The first-order valence-corrected chi connectivity index (χ1v) is 9.33. The van der Waals surface area contributed by atoms with Crippen molar-refractivity contribution in [2.45, 2.75) is 17.1 Å². The van der Waals surface area contributed by atoms with Crippen LogP contribution in [0.5, 0.6) is 0 Å². The number of rotatable bonds is 7. The Labute approximate surface area is 152 Å². The van der Waals surface area contributed by atoms with Crippen LogP contribution in [0.25, 0.3) is 0 Å². The largest absolute Gasteiger partial charge is 0.384 e. The molecule has 6 heteroatoms. The maximum Gasteiger partial charge on any atom is 0.234 e. The number of thioether (sulfide) groups is 1. The quantitative estimate of drug-likeness (QED) is 0.746. The van der Waals surface area contributed by atoms with E-state index in [9.17, 15) is 4.79 Å². The molecular formula is C19H23N3O2S. The lowest BCUT2D eigenvalue weighted by Gasteiger charge is -2.26. The molecule has 2 N–H and O–H groups in total. The number of carbonyl (C=O) groups is 1. The SMILES string of the molecule is COCC1(C(=O)Nc2ccc(SCc3cccnc3)cc2)CCNC1. The number of nitrogens with zero attached hydrogens (tertiary/aromatic N) is 1. The maximum absolute atomic E-state index is 12.7. The Morgan fingerprint density at radius 3 is 2.84 bits per heavy atom. The van der Waals surface area contributed by atoms with Crippen molar-refractivity contribution in [3.05, 3.63) is 54.4 Å². The first-order valence-electron chi connectivity index (χ1n) is 8.35. The second-order valence-electron chi connectivity index (χ2n) is 6.27. The summed E-state index contributed by atoms with van der Waals surface area (Å²) in [5.74, 6) is 0.900. The molecule has 0 saturated carbocycles. The number of carbonyl (C=O) groups excluding carboxylic acids is 1. The molecule has 1 aromatic heterocycles. The number of methoxy groups -OCH3 is 1. The molecule has 1 aromatic carbocycles. The molecule has 0 spiro atoms. The Kier molecular flexibility index (Phi) is 6.07. The maximum atomic E-state index is 12.7. The zero-order valence-electron chi connectivity index (χ0n) is 14.3. The van der Waals surface area contributed by atoms with Crippen molar-refractivity contribution in [2.24, 2.45) is 5.41 Å². The van der Waals surface area contributed by atoms with Gasteiger partial charge in [0.1, 0.15) is 0 Å². The van der Waals surface area contributed by atoms with Gasteiger partial charge in [-0.3, -0.25) is 9.78 Å². The summed E-state index contributed by atoms with van der Waals surface area (Å²) < 4.78 is 5.27. The molecule has 0 radical (unpaired) electrons. The summed E-state index contributed by atoms with van der Waals surface area (Å²) in [5.41, 5.74) is 1.54. The second-order valence-corrected chi connectivity index (χ2v) is 7.32. The summed E-state index contributed by atoms with van der Waals surface area (Å²) in [5, 5.41) is 6.29. The van der Waals surface area contributed by atoms with Crippen LogP contribution in [0.2, 0.25) is 0 Å². The zero-order valence-corrected chi connectivity index (χ0v) is 15.1. The molecule has 132 valence electrons. The Morgan fingerprint density at radius 2 is 2.20 bits per heavy atom. The molecule has 1 aliphatic heterocycles. The van der Waals surface area contributed by atoms with Crippen molar-refractivity contribution >= 4 is 23.4 Å². The van der Waals surface area contributed by atoms with E-state index < -0.39 is 5.41 Å². The summed E-state index contributed by atoms with van der Waals surface area (Å²) in [6.45, 7) is 1.94. The first-order chi connectivity index (χ1) is 12.2. The summed E-state index contributed by atoms with van der Waals surface area (Å²) >= 11 is 1.75. The molecule has 0 aliphatic carbocycles. The first kappa shape index (κ1) is 17.9. The van der Waals surface area contributed by atoms with Crippen molar-refractivity contribution in [1.82, 2.24) is 10.3 Å². The van der Waals surface area contributed by atoms with E-state index in [4.69, 9.17) is 4.74 Å². The molecule has 0 bridgehead atoms. The number of hydrogen-bond acceptors (Lipinski definition) is 5. The molecule has 5 nitrogen and oxygen atoms in total. The van der Waals surface area contributed by atoms with Crippen LogP contribution in [0.15, 0.2) is 53.7 Å². The van der Waals surface area contributed by atoms with Gasteiger partial charge in [-0.15, -0.1) is 11.8 Å². The van der Waals surface area contributed by atoms with E-state index in [-0.39, 0.29) is 5.91 Å². The van der Waals surface area contributed by atoms with Crippen molar-refractivity contribution in [1.29, 1.82) is 0 Å². The van der Waals surface area contributed by atoms with Gasteiger partial charge in [0.2, 0.25) is 5.91 Å². The monoisotopic (exact) mass is 357 g/mol. The zero-order chi connectivity index (χ0) is 17.5. The minimum atomic E-state index is -0.470. The lowest BCUT2D eigenvalue weighted by Crippen LogP contribution is -2.41. The molecular weight excluding hydrogens is 334 g/mol. The summed E-state index contributed by atoms with van der Waals surface area (Å²) in [6.07, 6.45) is 4.46. The summed E-state index contributed by atoms with van der Waals surface area (Å²) in [4.78, 5) is 18.0. The number of pyridine rings is 1. The molecule has 1 unspecified atom stereocenters. The number of ether oxygens (including phenoxy) is 1. The molecule has 1 saturated heterocycles. The highest BCUT2D eigenvalue weighted by atomic mass is 32.2. The van der Waals surface area contributed by atoms with Crippen LogP contribution in [-0.4, -0.2) is 37.7 Å². The predicted octanol–water partition coefficient (Wildman–Crippen LogP) is 2.94. The summed E-state index contributed by atoms with van der Waals surface area (Å²) in [6, 6.07) is 12.0. The standard InChI is InChI=1S/C19H23N3O2S/c1-24-14-19(8-10-21-13-19)18(23)22-16-4-6-17(7-5-16)25-12-15-3-2-9-20-11-15/h2-7,9,11,21H,8,10,12-14H2,1H3,(H,22,23). The van der Waals surface area contributed by atoms with Crippen LogP contribution >= 0.6 is 11.8 Å². The second kappa shape index (κ2) is 8.47. The third-order valence-corrected chi connectivity index (χ3v) is 5.47. The van der Waals surface area contributed by atoms with Gasteiger partial charge in [0, 0.05) is 42.4 Å². The molecule has 3 rings (SSSR count). The van der Waals surface area contributed by atoms with Gasteiger partial charge >= 0.3 is 0 Å². The van der Waals surface area contributed by atoms with E-state index in [0.717, 1.165) is 29.3 Å². The molecule has 1 fully saturated rings. The highest BCUT2D eigenvalue weighted by Crippen LogP contribution is 2.29.